The predicted molar refractivity (Wildman–Crippen MR) is 266 cm³/mol. The van der Waals surface area contributed by atoms with Gasteiger partial charge in [0, 0.05) is 13.0 Å². The average Bonchev–Trinajstić information content (AvgIpc) is 3.33. The van der Waals surface area contributed by atoms with Gasteiger partial charge < -0.3 is 64.2 Å². The van der Waals surface area contributed by atoms with Crippen LogP contribution in [0.2, 0.25) is 0 Å². The third-order valence-corrected chi connectivity index (χ3v) is 12.9. The molecule has 2 fully saturated rings. The molecule has 0 aromatic rings. The first-order chi connectivity index (χ1) is 33.1. The Labute approximate surface area is 410 Å². The molecule has 0 bridgehead atoms. The topological polar surface area (TPSA) is 214 Å². The van der Waals surface area contributed by atoms with Crippen molar-refractivity contribution in [2.75, 3.05) is 33.0 Å². The van der Waals surface area contributed by atoms with Crippen LogP contribution in [0, 0.1) is 0 Å². The van der Waals surface area contributed by atoms with E-state index in [-0.39, 0.29) is 25.6 Å². The summed E-state index contributed by atoms with van der Waals surface area (Å²) in [6.45, 7) is 3.65. The van der Waals surface area contributed by atoms with Gasteiger partial charge in [0.1, 0.15) is 54.9 Å². The van der Waals surface area contributed by atoms with Gasteiger partial charge in [0.2, 0.25) is 0 Å². The summed E-state index contributed by atoms with van der Waals surface area (Å²) in [6, 6.07) is 0. The highest BCUT2D eigenvalue weighted by Gasteiger charge is 2.47. The molecule has 0 spiro atoms. The third kappa shape index (κ3) is 28.9. The molecule has 2 aliphatic heterocycles. The van der Waals surface area contributed by atoms with E-state index < -0.39 is 80.7 Å². The highest BCUT2D eigenvalue weighted by molar-refractivity contribution is 5.69. The Bertz CT molecular complexity index is 1260. The van der Waals surface area contributed by atoms with E-state index in [1.54, 1.807) is 0 Å². The summed E-state index contributed by atoms with van der Waals surface area (Å²) in [7, 11) is 0. The van der Waals surface area contributed by atoms with Gasteiger partial charge in [-0.25, -0.2) is 0 Å². The molecule has 0 aliphatic carbocycles. The molecule has 0 aromatic carbocycles. The summed E-state index contributed by atoms with van der Waals surface area (Å²) in [5.41, 5.74) is 0. The second-order valence-electron chi connectivity index (χ2n) is 19.0. The number of allylic oxidation sites excluding steroid dienone is 6. The summed E-state index contributed by atoms with van der Waals surface area (Å²) in [4.78, 5) is 13.0. The van der Waals surface area contributed by atoms with Crippen LogP contribution in [0.15, 0.2) is 36.5 Å². The summed E-state index contributed by atoms with van der Waals surface area (Å²) < 4.78 is 34.3. The fraction of sp³-hybridized carbons (Fsp3) is 0.870. The largest absolute Gasteiger partial charge is 0.457 e. The lowest BCUT2D eigenvalue weighted by Gasteiger charge is -2.42. The minimum Gasteiger partial charge on any atom is -0.457 e. The Kier molecular flexibility index (Phi) is 38.3. The van der Waals surface area contributed by atoms with Crippen molar-refractivity contribution >= 4 is 5.97 Å². The lowest BCUT2D eigenvalue weighted by atomic mass is 9.98. The lowest BCUT2D eigenvalue weighted by Crippen LogP contribution is -2.61. The molecule has 14 heteroatoms. The summed E-state index contributed by atoms with van der Waals surface area (Å²) in [6.07, 6.45) is 30.6. The summed E-state index contributed by atoms with van der Waals surface area (Å²) in [5.74, 6) is -0.385. The van der Waals surface area contributed by atoms with Gasteiger partial charge in [-0.1, -0.05) is 159 Å². The van der Waals surface area contributed by atoms with Crippen LogP contribution in [0.25, 0.3) is 0 Å². The molecule has 398 valence electrons. The van der Waals surface area contributed by atoms with Crippen LogP contribution < -0.4 is 0 Å². The molecule has 68 heavy (non-hydrogen) atoms. The van der Waals surface area contributed by atoms with Crippen LogP contribution in [-0.2, 0) is 33.2 Å². The van der Waals surface area contributed by atoms with E-state index in [0.717, 1.165) is 64.2 Å². The summed E-state index contributed by atoms with van der Waals surface area (Å²) >= 11 is 0. The second-order valence-corrected chi connectivity index (χ2v) is 19.0. The van der Waals surface area contributed by atoms with Crippen molar-refractivity contribution in [1.29, 1.82) is 0 Å². The van der Waals surface area contributed by atoms with Crippen molar-refractivity contribution in [1.82, 2.24) is 0 Å². The predicted octanol–water partition coefficient (Wildman–Crippen LogP) is 8.58. The van der Waals surface area contributed by atoms with E-state index >= 15 is 0 Å². The maximum absolute atomic E-state index is 13.0. The van der Waals surface area contributed by atoms with Gasteiger partial charge in [-0.2, -0.15) is 0 Å². The van der Waals surface area contributed by atoms with Crippen LogP contribution in [0.5, 0.6) is 0 Å². The molecular formula is C54H98O14. The molecule has 2 rings (SSSR count). The number of carbonyl (C=O) groups is 1. The molecule has 11 unspecified atom stereocenters. The van der Waals surface area contributed by atoms with E-state index in [4.69, 9.17) is 28.4 Å². The zero-order chi connectivity index (χ0) is 49.5. The van der Waals surface area contributed by atoms with Crippen LogP contribution >= 0.6 is 0 Å². The molecule has 14 nitrogen and oxygen atoms in total. The van der Waals surface area contributed by atoms with Gasteiger partial charge in [-0.3, -0.25) is 4.79 Å². The molecule has 0 saturated carbocycles. The monoisotopic (exact) mass is 971 g/mol. The maximum atomic E-state index is 13.0. The van der Waals surface area contributed by atoms with Crippen molar-refractivity contribution in [3.8, 4) is 0 Å². The quantitative estimate of drug-likeness (QED) is 0.0173. The zero-order valence-electron chi connectivity index (χ0n) is 42.3. The van der Waals surface area contributed by atoms with Gasteiger partial charge >= 0.3 is 5.97 Å². The van der Waals surface area contributed by atoms with E-state index in [2.05, 4.69) is 50.3 Å². The van der Waals surface area contributed by atoms with Crippen LogP contribution in [0.4, 0.5) is 0 Å². The smallest absolute Gasteiger partial charge is 0.306 e. The lowest BCUT2D eigenvalue weighted by molar-refractivity contribution is -0.332. The van der Waals surface area contributed by atoms with Crippen LogP contribution in [0.3, 0.4) is 0 Å². The van der Waals surface area contributed by atoms with Crippen molar-refractivity contribution < 1.29 is 69.0 Å². The van der Waals surface area contributed by atoms with E-state index in [1.807, 2.05) is 0 Å². The number of aliphatic hydroxyl groups excluding tert-OH is 7. The molecule has 2 aliphatic rings. The first-order valence-electron chi connectivity index (χ1n) is 27.1. The molecule has 0 radical (unpaired) electrons. The maximum Gasteiger partial charge on any atom is 0.306 e. The second kappa shape index (κ2) is 41.8. The van der Waals surface area contributed by atoms with Crippen molar-refractivity contribution in [3.63, 3.8) is 0 Å². The molecule has 2 heterocycles. The number of unbranched alkanes of at least 4 members (excludes halogenated alkanes) is 23. The average molecular weight is 971 g/mol. The fourth-order valence-corrected chi connectivity index (χ4v) is 8.43. The van der Waals surface area contributed by atoms with Crippen molar-refractivity contribution in [3.05, 3.63) is 36.5 Å². The SMILES string of the molecule is CCCCC/C=C\C/C=C\CCCCCCCCCCCCOCC(COC1OC(COC2OC(CO)C(O)C(O)C2O)C(O)C(O)C1O)OC(=O)CCCCCCC/C=C\CCCCCCC. The number of carbonyl (C=O) groups excluding carboxylic acids is 1. The zero-order valence-corrected chi connectivity index (χ0v) is 42.3. The molecule has 0 amide bonds. The number of aliphatic hydroxyl groups is 7. The third-order valence-electron chi connectivity index (χ3n) is 12.9. The molecule has 0 aromatic heterocycles. The minimum atomic E-state index is -1.71. The highest BCUT2D eigenvalue weighted by Crippen LogP contribution is 2.26. The number of ether oxygens (including phenoxy) is 6. The Morgan fingerprint density at radius 1 is 0.485 bits per heavy atom. The molecule has 2 saturated heterocycles. The Hall–Kier alpha value is -1.79. The molecule has 7 N–H and O–H groups in total. The normalized spacial score (nSPS) is 26.1. The minimum absolute atomic E-state index is 0.0571. The molecular weight excluding hydrogens is 873 g/mol. The number of hydrogen-bond donors (Lipinski definition) is 7. The Morgan fingerprint density at radius 3 is 1.46 bits per heavy atom. The standard InChI is InChI=1S/C54H98O14/c1-3-5-7-9-11-13-15-17-19-20-21-22-23-24-26-28-30-32-34-36-38-63-40-43(66-46(56)37-35-33-31-29-27-25-18-16-14-12-10-8-6-4-2)41-64-53-52(62)50(60)48(58)45(68-53)42-65-54-51(61)49(59)47(57)44(39-55)67-54/h11,13,16-19,43-45,47-55,57-62H,3-10,12,14-15,20-42H2,1-2H3/b13-11-,18-16-,19-17-. The van der Waals surface area contributed by atoms with Gasteiger partial charge in [-0.05, 0) is 70.6 Å². The molecule has 11 atom stereocenters. The first-order valence-corrected chi connectivity index (χ1v) is 27.1. The van der Waals surface area contributed by atoms with Crippen LogP contribution in [0.1, 0.15) is 200 Å². The first kappa shape index (κ1) is 62.3. The van der Waals surface area contributed by atoms with E-state index in [9.17, 15) is 40.5 Å². The Balaban J connectivity index is 1.74. The van der Waals surface area contributed by atoms with Crippen LogP contribution in [-0.4, -0.2) is 142 Å². The van der Waals surface area contributed by atoms with Gasteiger partial charge in [0.25, 0.3) is 0 Å². The van der Waals surface area contributed by atoms with Gasteiger partial charge in [-0.15, -0.1) is 0 Å². The fourth-order valence-electron chi connectivity index (χ4n) is 8.43. The Morgan fingerprint density at radius 2 is 0.912 bits per heavy atom. The summed E-state index contributed by atoms with van der Waals surface area (Å²) in [5, 5.41) is 72.2. The van der Waals surface area contributed by atoms with Gasteiger partial charge in [0.15, 0.2) is 12.6 Å². The number of rotatable bonds is 43. The van der Waals surface area contributed by atoms with Gasteiger partial charge in [0.05, 0.1) is 26.4 Å². The van der Waals surface area contributed by atoms with Crippen molar-refractivity contribution in [2.45, 2.75) is 268 Å². The van der Waals surface area contributed by atoms with E-state index in [1.165, 1.54) is 109 Å². The van der Waals surface area contributed by atoms with E-state index in [0.29, 0.717) is 13.0 Å². The highest BCUT2D eigenvalue weighted by atomic mass is 16.7. The van der Waals surface area contributed by atoms with Crippen molar-refractivity contribution in [2.24, 2.45) is 0 Å². The number of esters is 1. The number of hydrogen-bond acceptors (Lipinski definition) is 14.